The van der Waals surface area contributed by atoms with Crippen molar-refractivity contribution in [2.75, 3.05) is 0 Å². The van der Waals surface area contributed by atoms with Gasteiger partial charge >= 0.3 is 0 Å². The molecule has 0 saturated carbocycles. The van der Waals surface area contributed by atoms with Crippen LogP contribution in [0.4, 0.5) is 0 Å². The summed E-state index contributed by atoms with van der Waals surface area (Å²) in [6.45, 7) is 4.04. The monoisotopic (exact) mass is 190 g/mol. The molecule has 4 heteroatoms. The molecule has 0 aliphatic heterocycles. The lowest BCUT2D eigenvalue weighted by molar-refractivity contribution is 0.785. The molecule has 0 bridgehead atoms. The molecule has 0 aliphatic carbocycles. The van der Waals surface area contributed by atoms with E-state index in [1.54, 1.807) is 6.07 Å². The summed E-state index contributed by atoms with van der Waals surface area (Å²) >= 11 is 11.3. The van der Waals surface area contributed by atoms with Gasteiger partial charge in [0.15, 0.2) is 5.15 Å². The number of aromatic nitrogens is 2. The molecule has 0 aromatic carbocycles. The standard InChI is InChI=1S/C7H8Cl2N2/c1-4(2)6-3-5(8)7(9)11-10-6/h3-4H,1-2H3. The van der Waals surface area contributed by atoms with Crippen molar-refractivity contribution in [1.29, 1.82) is 0 Å². The highest BCUT2D eigenvalue weighted by Crippen LogP contribution is 2.21. The zero-order valence-corrected chi connectivity index (χ0v) is 7.82. The van der Waals surface area contributed by atoms with E-state index in [2.05, 4.69) is 10.2 Å². The zero-order valence-electron chi connectivity index (χ0n) is 6.31. The lowest BCUT2D eigenvalue weighted by atomic mass is 10.1. The lowest BCUT2D eigenvalue weighted by Crippen LogP contribution is -1.95. The van der Waals surface area contributed by atoms with Gasteiger partial charge in [0.05, 0.1) is 10.7 Å². The van der Waals surface area contributed by atoms with Crippen molar-refractivity contribution >= 4 is 23.2 Å². The summed E-state index contributed by atoms with van der Waals surface area (Å²) in [7, 11) is 0. The first-order chi connectivity index (χ1) is 5.11. The summed E-state index contributed by atoms with van der Waals surface area (Å²) in [6.07, 6.45) is 0. The molecule has 0 N–H and O–H groups in total. The molecule has 0 radical (unpaired) electrons. The van der Waals surface area contributed by atoms with Crippen LogP contribution in [0.15, 0.2) is 6.07 Å². The molecule has 0 saturated heterocycles. The molecule has 1 aromatic heterocycles. The number of hydrogen-bond donors (Lipinski definition) is 0. The SMILES string of the molecule is CC(C)c1cc(Cl)c(Cl)nn1. The average Bonchev–Trinajstić information content (AvgIpc) is 1.94. The second-order valence-corrected chi connectivity index (χ2v) is 3.33. The van der Waals surface area contributed by atoms with E-state index in [1.165, 1.54) is 0 Å². The van der Waals surface area contributed by atoms with Crippen LogP contribution in [-0.2, 0) is 0 Å². The number of halogens is 2. The van der Waals surface area contributed by atoms with Crippen LogP contribution in [0.25, 0.3) is 0 Å². The Kier molecular flexibility index (Phi) is 2.68. The Bertz CT molecular complexity index is 261. The van der Waals surface area contributed by atoms with Crippen molar-refractivity contribution in [2.45, 2.75) is 19.8 Å². The maximum atomic E-state index is 5.72. The fourth-order valence-electron chi connectivity index (χ4n) is 0.650. The predicted molar refractivity (Wildman–Crippen MR) is 46.1 cm³/mol. The predicted octanol–water partition coefficient (Wildman–Crippen LogP) is 2.91. The Labute approximate surface area is 75.5 Å². The van der Waals surface area contributed by atoms with Gasteiger partial charge in [0.25, 0.3) is 0 Å². The summed E-state index contributed by atoms with van der Waals surface area (Å²) in [6, 6.07) is 1.74. The van der Waals surface area contributed by atoms with Crippen LogP contribution >= 0.6 is 23.2 Å². The van der Waals surface area contributed by atoms with E-state index in [1.807, 2.05) is 13.8 Å². The van der Waals surface area contributed by atoms with Gasteiger partial charge in [-0.25, -0.2) is 0 Å². The Balaban J connectivity index is 3.05. The highest BCUT2D eigenvalue weighted by molar-refractivity contribution is 6.41. The molecule has 1 aromatic rings. The smallest absolute Gasteiger partial charge is 0.154 e. The van der Waals surface area contributed by atoms with Crippen LogP contribution in [0.3, 0.4) is 0 Å². The average molecular weight is 191 g/mol. The van der Waals surface area contributed by atoms with Gasteiger partial charge in [-0.2, -0.15) is 5.10 Å². The summed E-state index contributed by atoms with van der Waals surface area (Å²) in [5, 5.41) is 8.28. The molecular weight excluding hydrogens is 183 g/mol. The van der Waals surface area contributed by atoms with Crippen molar-refractivity contribution in [3.05, 3.63) is 21.9 Å². The van der Waals surface area contributed by atoms with Crippen molar-refractivity contribution in [1.82, 2.24) is 10.2 Å². The first-order valence-electron chi connectivity index (χ1n) is 3.30. The van der Waals surface area contributed by atoms with E-state index in [0.717, 1.165) is 5.69 Å². The third-order valence-corrected chi connectivity index (χ3v) is 1.98. The van der Waals surface area contributed by atoms with Gasteiger partial charge in [0, 0.05) is 0 Å². The van der Waals surface area contributed by atoms with Crippen LogP contribution in [0.2, 0.25) is 10.2 Å². The number of hydrogen-bond acceptors (Lipinski definition) is 2. The van der Waals surface area contributed by atoms with E-state index in [-0.39, 0.29) is 5.15 Å². The van der Waals surface area contributed by atoms with Crippen molar-refractivity contribution < 1.29 is 0 Å². The number of rotatable bonds is 1. The molecule has 0 amide bonds. The minimum absolute atomic E-state index is 0.260. The van der Waals surface area contributed by atoms with E-state index in [9.17, 15) is 0 Å². The second kappa shape index (κ2) is 3.37. The second-order valence-electron chi connectivity index (χ2n) is 2.56. The molecule has 2 nitrogen and oxygen atoms in total. The first kappa shape index (κ1) is 8.75. The Morgan fingerprint density at radius 1 is 1.27 bits per heavy atom. The molecule has 1 rings (SSSR count). The van der Waals surface area contributed by atoms with Crippen molar-refractivity contribution in [3.63, 3.8) is 0 Å². The molecule has 0 fully saturated rings. The normalized spacial score (nSPS) is 10.6. The fraction of sp³-hybridized carbons (Fsp3) is 0.429. The van der Waals surface area contributed by atoms with Crippen molar-refractivity contribution in [2.24, 2.45) is 0 Å². The molecule has 11 heavy (non-hydrogen) atoms. The summed E-state index contributed by atoms with van der Waals surface area (Å²) in [5.74, 6) is 0.331. The van der Waals surface area contributed by atoms with Gasteiger partial charge in [0.2, 0.25) is 0 Å². The Hall–Kier alpha value is -0.340. The summed E-state index contributed by atoms with van der Waals surface area (Å²) in [5.41, 5.74) is 0.861. The van der Waals surface area contributed by atoms with Crippen LogP contribution in [-0.4, -0.2) is 10.2 Å². The van der Waals surface area contributed by atoms with E-state index >= 15 is 0 Å². The molecule has 0 unspecified atom stereocenters. The number of nitrogens with zero attached hydrogens (tertiary/aromatic N) is 2. The largest absolute Gasteiger partial charge is 0.170 e. The summed E-state index contributed by atoms with van der Waals surface area (Å²) in [4.78, 5) is 0. The van der Waals surface area contributed by atoms with Gasteiger partial charge in [-0.15, -0.1) is 5.10 Å². The fourth-order valence-corrected chi connectivity index (χ4v) is 0.892. The minimum Gasteiger partial charge on any atom is -0.154 e. The summed E-state index contributed by atoms with van der Waals surface area (Å²) < 4.78 is 0. The van der Waals surface area contributed by atoms with Crippen LogP contribution < -0.4 is 0 Å². The Morgan fingerprint density at radius 2 is 1.91 bits per heavy atom. The highest BCUT2D eigenvalue weighted by Gasteiger charge is 2.05. The lowest BCUT2D eigenvalue weighted by Gasteiger charge is -2.02. The topological polar surface area (TPSA) is 25.8 Å². The zero-order chi connectivity index (χ0) is 8.43. The molecule has 60 valence electrons. The molecule has 0 spiro atoms. The van der Waals surface area contributed by atoms with Crippen molar-refractivity contribution in [3.8, 4) is 0 Å². The third kappa shape index (κ3) is 2.04. The minimum atomic E-state index is 0.260. The molecule has 0 aliphatic rings. The van der Waals surface area contributed by atoms with E-state index in [4.69, 9.17) is 23.2 Å². The first-order valence-corrected chi connectivity index (χ1v) is 4.05. The van der Waals surface area contributed by atoms with Gasteiger partial charge in [-0.05, 0) is 12.0 Å². The highest BCUT2D eigenvalue weighted by atomic mass is 35.5. The maximum Gasteiger partial charge on any atom is 0.170 e. The van der Waals surface area contributed by atoms with E-state index < -0.39 is 0 Å². The van der Waals surface area contributed by atoms with Crippen LogP contribution in [0.5, 0.6) is 0 Å². The Morgan fingerprint density at radius 3 is 2.36 bits per heavy atom. The third-order valence-electron chi connectivity index (χ3n) is 1.32. The maximum absolute atomic E-state index is 5.72. The molecule has 0 atom stereocenters. The van der Waals surface area contributed by atoms with Gasteiger partial charge < -0.3 is 0 Å². The molecular formula is C7H8Cl2N2. The van der Waals surface area contributed by atoms with Gasteiger partial charge in [-0.3, -0.25) is 0 Å². The quantitative estimate of drug-likeness (QED) is 0.681. The van der Waals surface area contributed by atoms with Gasteiger partial charge in [-0.1, -0.05) is 37.0 Å². The van der Waals surface area contributed by atoms with Crippen LogP contribution in [0, 0.1) is 0 Å². The van der Waals surface area contributed by atoms with Gasteiger partial charge in [0.1, 0.15) is 0 Å². The molecule has 1 heterocycles. The van der Waals surface area contributed by atoms with E-state index in [0.29, 0.717) is 10.9 Å². The van der Waals surface area contributed by atoms with Crippen LogP contribution in [0.1, 0.15) is 25.5 Å².